The van der Waals surface area contributed by atoms with Gasteiger partial charge in [0.1, 0.15) is 11.5 Å². The first-order valence-corrected chi connectivity index (χ1v) is 8.12. The normalized spacial score (nSPS) is 11.2. The van der Waals surface area contributed by atoms with Crippen molar-refractivity contribution in [2.45, 2.75) is 26.4 Å². The number of hydrogen-bond acceptors (Lipinski definition) is 4. The van der Waals surface area contributed by atoms with Gasteiger partial charge in [-0.2, -0.15) is 0 Å². The van der Waals surface area contributed by atoms with Gasteiger partial charge < -0.3 is 20.5 Å². The Morgan fingerprint density at radius 1 is 1.12 bits per heavy atom. The van der Waals surface area contributed by atoms with E-state index in [1.54, 1.807) is 0 Å². The van der Waals surface area contributed by atoms with Crippen molar-refractivity contribution >= 4 is 17.6 Å². The van der Waals surface area contributed by atoms with Gasteiger partial charge in [-0.25, -0.2) is 0 Å². The van der Waals surface area contributed by atoms with Crippen molar-refractivity contribution in [3.63, 3.8) is 0 Å². The zero-order chi connectivity index (χ0) is 18.1. The minimum Gasteiger partial charge on any atom is -0.463 e. The van der Waals surface area contributed by atoms with E-state index in [9.17, 15) is 4.79 Å². The molecule has 0 aliphatic carbocycles. The summed E-state index contributed by atoms with van der Waals surface area (Å²) in [5, 5.41) is 2.98. The molecular weight excluding hydrogens is 318 g/mol. The molecule has 25 heavy (non-hydrogen) atoms. The number of aliphatic imine (C=N–C) groups is 1. The Kier molecular flexibility index (Phi) is 6.83. The van der Waals surface area contributed by atoms with Crippen LogP contribution in [0.2, 0.25) is 0 Å². The smallest absolute Gasteiger partial charge is 0.307 e. The van der Waals surface area contributed by atoms with Crippen LogP contribution in [-0.2, 0) is 9.53 Å². The molecule has 0 unspecified atom stereocenters. The molecule has 0 bridgehead atoms. The Morgan fingerprint density at radius 2 is 1.84 bits per heavy atom. The van der Waals surface area contributed by atoms with Gasteiger partial charge in [0.25, 0.3) is 0 Å². The van der Waals surface area contributed by atoms with Crippen LogP contribution in [0, 0.1) is 0 Å². The fourth-order valence-electron chi connectivity index (χ4n) is 2.04. The summed E-state index contributed by atoms with van der Waals surface area (Å²) in [4.78, 5) is 15.6. The van der Waals surface area contributed by atoms with E-state index in [1.807, 2.05) is 68.4 Å². The number of carbonyl (C=O) groups is 1. The predicted octanol–water partition coefficient (Wildman–Crippen LogP) is 3.55. The molecule has 0 saturated carbocycles. The first kappa shape index (κ1) is 18.3. The van der Waals surface area contributed by atoms with Gasteiger partial charge in [0, 0.05) is 11.8 Å². The van der Waals surface area contributed by atoms with E-state index in [2.05, 4.69) is 10.3 Å². The van der Waals surface area contributed by atoms with Gasteiger partial charge in [0.2, 0.25) is 0 Å². The number of nitrogens with two attached hydrogens (primary N) is 1. The van der Waals surface area contributed by atoms with Gasteiger partial charge in [-0.05, 0) is 38.1 Å². The SMILES string of the molecule is CC(C)OC(=O)CCN=C(N)Nc1cccc(Oc2ccccc2)c1. The Labute approximate surface area is 147 Å². The van der Waals surface area contributed by atoms with Crippen LogP contribution in [0.1, 0.15) is 20.3 Å². The van der Waals surface area contributed by atoms with Crippen molar-refractivity contribution in [1.29, 1.82) is 0 Å². The summed E-state index contributed by atoms with van der Waals surface area (Å²) in [6.07, 6.45) is 0.0665. The van der Waals surface area contributed by atoms with E-state index in [0.717, 1.165) is 11.4 Å². The van der Waals surface area contributed by atoms with Gasteiger partial charge in [-0.1, -0.05) is 24.3 Å². The maximum atomic E-state index is 11.4. The standard InChI is InChI=1S/C19H23N3O3/c1-14(2)24-18(23)11-12-21-19(20)22-15-7-6-10-17(13-15)25-16-8-4-3-5-9-16/h3-10,13-14H,11-12H2,1-2H3,(H3,20,21,22). The summed E-state index contributed by atoms with van der Waals surface area (Å²) in [7, 11) is 0. The van der Waals surface area contributed by atoms with E-state index in [0.29, 0.717) is 5.75 Å². The first-order chi connectivity index (χ1) is 12.0. The van der Waals surface area contributed by atoms with Gasteiger partial charge in [-0.3, -0.25) is 9.79 Å². The number of guanidine groups is 1. The molecule has 132 valence electrons. The van der Waals surface area contributed by atoms with E-state index in [-0.39, 0.29) is 31.0 Å². The molecule has 0 saturated heterocycles. The van der Waals surface area contributed by atoms with Gasteiger partial charge in [0.05, 0.1) is 19.1 Å². The van der Waals surface area contributed by atoms with Crippen molar-refractivity contribution in [3.05, 3.63) is 54.6 Å². The van der Waals surface area contributed by atoms with E-state index in [1.165, 1.54) is 0 Å². The van der Waals surface area contributed by atoms with E-state index < -0.39 is 0 Å². The minimum absolute atomic E-state index is 0.126. The largest absolute Gasteiger partial charge is 0.463 e. The highest BCUT2D eigenvalue weighted by molar-refractivity contribution is 5.92. The van der Waals surface area contributed by atoms with Gasteiger partial charge in [-0.15, -0.1) is 0 Å². The zero-order valence-corrected chi connectivity index (χ0v) is 14.4. The van der Waals surface area contributed by atoms with Crippen LogP contribution in [0.4, 0.5) is 5.69 Å². The van der Waals surface area contributed by atoms with Crippen molar-refractivity contribution in [2.75, 3.05) is 11.9 Å². The predicted molar refractivity (Wildman–Crippen MR) is 98.9 cm³/mol. The highest BCUT2D eigenvalue weighted by Crippen LogP contribution is 2.23. The zero-order valence-electron chi connectivity index (χ0n) is 14.4. The van der Waals surface area contributed by atoms with Crippen LogP contribution >= 0.6 is 0 Å². The number of anilines is 1. The Bertz CT molecular complexity index is 715. The molecule has 6 nitrogen and oxygen atoms in total. The van der Waals surface area contributed by atoms with Gasteiger partial charge >= 0.3 is 5.97 Å². The summed E-state index contributed by atoms with van der Waals surface area (Å²) in [6.45, 7) is 3.88. The maximum Gasteiger partial charge on any atom is 0.307 e. The first-order valence-electron chi connectivity index (χ1n) is 8.12. The number of nitrogens with zero attached hydrogens (tertiary/aromatic N) is 1. The molecule has 0 amide bonds. The number of para-hydroxylation sites is 1. The minimum atomic E-state index is -0.287. The highest BCUT2D eigenvalue weighted by atomic mass is 16.5. The molecule has 2 aromatic carbocycles. The third kappa shape index (κ3) is 6.95. The topological polar surface area (TPSA) is 85.9 Å². The van der Waals surface area contributed by atoms with Crippen LogP contribution in [0.25, 0.3) is 0 Å². The second-order valence-electron chi connectivity index (χ2n) is 5.62. The van der Waals surface area contributed by atoms with Crippen LogP contribution in [0.5, 0.6) is 11.5 Å². The third-order valence-corrected chi connectivity index (χ3v) is 3.05. The third-order valence-electron chi connectivity index (χ3n) is 3.05. The van der Waals surface area contributed by atoms with Crippen molar-refractivity contribution in [1.82, 2.24) is 0 Å². The maximum absolute atomic E-state index is 11.4. The van der Waals surface area contributed by atoms with Crippen LogP contribution < -0.4 is 15.8 Å². The number of carbonyl (C=O) groups excluding carboxylic acids is 1. The summed E-state index contributed by atoms with van der Waals surface area (Å²) < 4.78 is 10.8. The summed E-state index contributed by atoms with van der Waals surface area (Å²) in [5.74, 6) is 1.38. The number of rotatable bonds is 7. The highest BCUT2D eigenvalue weighted by Gasteiger charge is 2.05. The molecule has 0 aliphatic heterocycles. The van der Waals surface area contributed by atoms with Gasteiger partial charge in [0.15, 0.2) is 5.96 Å². The molecule has 0 aliphatic rings. The fourth-order valence-corrected chi connectivity index (χ4v) is 2.04. The van der Waals surface area contributed by atoms with Crippen LogP contribution in [0.3, 0.4) is 0 Å². The second-order valence-corrected chi connectivity index (χ2v) is 5.62. The fraction of sp³-hybridized carbons (Fsp3) is 0.263. The molecule has 2 aromatic rings. The Hall–Kier alpha value is -3.02. The average molecular weight is 341 g/mol. The average Bonchev–Trinajstić information content (AvgIpc) is 2.55. The summed E-state index contributed by atoms with van der Waals surface area (Å²) in [6, 6.07) is 16.9. The lowest BCUT2D eigenvalue weighted by atomic mass is 10.3. The molecular formula is C19H23N3O3. The molecule has 6 heteroatoms. The van der Waals surface area contributed by atoms with Crippen LogP contribution in [0.15, 0.2) is 59.6 Å². The number of benzene rings is 2. The molecule has 2 rings (SSSR count). The summed E-state index contributed by atoms with van der Waals surface area (Å²) in [5.41, 5.74) is 6.59. The molecule has 0 radical (unpaired) electrons. The van der Waals surface area contributed by atoms with Crippen molar-refractivity contribution < 1.29 is 14.3 Å². The Balaban J connectivity index is 1.88. The molecule has 0 atom stereocenters. The van der Waals surface area contributed by atoms with E-state index >= 15 is 0 Å². The molecule has 0 aromatic heterocycles. The second kappa shape index (κ2) is 9.32. The molecule has 0 heterocycles. The number of nitrogens with one attached hydrogen (secondary N) is 1. The molecule has 0 fully saturated rings. The lowest BCUT2D eigenvalue weighted by Crippen LogP contribution is -2.23. The van der Waals surface area contributed by atoms with Crippen molar-refractivity contribution in [2.24, 2.45) is 10.7 Å². The lowest BCUT2D eigenvalue weighted by molar-refractivity contribution is -0.147. The van der Waals surface area contributed by atoms with Crippen molar-refractivity contribution in [3.8, 4) is 11.5 Å². The number of esters is 1. The Morgan fingerprint density at radius 3 is 2.56 bits per heavy atom. The lowest BCUT2D eigenvalue weighted by Gasteiger charge is -2.09. The quantitative estimate of drug-likeness (QED) is 0.457. The number of ether oxygens (including phenoxy) is 2. The van der Waals surface area contributed by atoms with E-state index in [4.69, 9.17) is 15.2 Å². The summed E-state index contributed by atoms with van der Waals surface area (Å²) >= 11 is 0. The molecule has 0 spiro atoms. The monoisotopic (exact) mass is 341 g/mol. The van der Waals surface area contributed by atoms with Crippen LogP contribution in [-0.4, -0.2) is 24.6 Å². The molecule has 3 N–H and O–H groups in total. The number of hydrogen-bond donors (Lipinski definition) is 2.